The number of hydrogen-bond acceptors (Lipinski definition) is 3. The number of halogens is 1. The van der Waals surface area contributed by atoms with Crippen LogP contribution in [0.15, 0.2) is 144 Å². The fourth-order valence-electron chi connectivity index (χ4n) is 8.39. The summed E-state index contributed by atoms with van der Waals surface area (Å²) in [7, 11) is 0. The van der Waals surface area contributed by atoms with Crippen molar-refractivity contribution in [3.8, 4) is 44.8 Å². The smallest absolute Gasteiger partial charge is 0.128 e. The zero-order chi connectivity index (χ0) is 54.1. The van der Waals surface area contributed by atoms with E-state index >= 15 is 0 Å². The fourth-order valence-corrected chi connectivity index (χ4v) is 8.39. The van der Waals surface area contributed by atoms with Gasteiger partial charge in [0, 0.05) is 59.7 Å². The van der Waals surface area contributed by atoms with Crippen LogP contribution in [0, 0.1) is 38.1 Å². The summed E-state index contributed by atoms with van der Waals surface area (Å²) in [6.07, 6.45) is 2.22. The van der Waals surface area contributed by atoms with Crippen LogP contribution < -0.4 is 0 Å². The van der Waals surface area contributed by atoms with Gasteiger partial charge in [-0.05, 0) is 120 Å². The normalized spacial score (nSPS) is 21.1. The summed E-state index contributed by atoms with van der Waals surface area (Å²) >= 11 is 0. The third-order valence-corrected chi connectivity index (χ3v) is 11.7. The van der Waals surface area contributed by atoms with Gasteiger partial charge >= 0.3 is 0 Å². The first-order valence-electron chi connectivity index (χ1n) is 27.2. The van der Waals surface area contributed by atoms with Gasteiger partial charge in [-0.25, -0.2) is 4.39 Å². The zero-order valence-corrected chi connectivity index (χ0v) is 38.5. The third-order valence-electron chi connectivity index (χ3n) is 11.7. The van der Waals surface area contributed by atoms with Gasteiger partial charge in [-0.2, -0.15) is 0 Å². The third kappa shape index (κ3) is 9.53. The van der Waals surface area contributed by atoms with Crippen LogP contribution in [0.2, 0.25) is 0 Å². The molecule has 10 rings (SSSR count). The molecule has 0 spiro atoms. The van der Waals surface area contributed by atoms with Crippen LogP contribution in [0.4, 0.5) is 4.39 Å². The minimum atomic E-state index is -2.62. The van der Waals surface area contributed by atoms with Gasteiger partial charge in [-0.15, -0.1) is 47.5 Å². The molecule has 1 aliphatic rings. The molecule has 0 bridgehead atoms. The van der Waals surface area contributed by atoms with E-state index < -0.39 is 43.9 Å². The molecule has 325 valence electrons. The number of rotatable bonds is 6. The second-order valence-corrected chi connectivity index (χ2v) is 17.6. The van der Waals surface area contributed by atoms with Gasteiger partial charge in [0.25, 0.3) is 0 Å². The van der Waals surface area contributed by atoms with Gasteiger partial charge in [0.1, 0.15) is 11.3 Å². The van der Waals surface area contributed by atoms with E-state index in [-0.39, 0.29) is 73.6 Å². The average Bonchev–Trinajstić information content (AvgIpc) is 3.76. The number of furan rings is 1. The Bertz CT molecular complexity index is 3570. The molecule has 3 nitrogen and oxygen atoms in total. The molecule has 6 aromatic carbocycles. The number of aromatic nitrogens is 2. The molecule has 0 unspecified atom stereocenters. The molecule has 0 atom stereocenters. The van der Waals surface area contributed by atoms with Crippen LogP contribution in [0.25, 0.3) is 77.5 Å². The predicted octanol–water partition coefficient (Wildman–Crippen LogP) is 16.4. The Kier molecular flexibility index (Phi) is 9.20. The number of fused-ring (bicyclic) bond motifs is 5. The van der Waals surface area contributed by atoms with Crippen molar-refractivity contribution in [3.63, 3.8) is 0 Å². The molecule has 64 heavy (non-hydrogen) atoms. The van der Waals surface area contributed by atoms with Crippen molar-refractivity contribution in [2.24, 2.45) is 5.41 Å². The van der Waals surface area contributed by atoms with E-state index in [1.165, 1.54) is 25.3 Å². The van der Waals surface area contributed by atoms with E-state index in [0.717, 1.165) is 27.1 Å². The summed E-state index contributed by atoms with van der Waals surface area (Å²) in [5, 5.41) is 3.76. The van der Waals surface area contributed by atoms with Crippen LogP contribution in [0.5, 0.6) is 0 Å². The topological polar surface area (TPSA) is 38.9 Å². The quantitative estimate of drug-likeness (QED) is 0.156. The maximum atomic E-state index is 14.6. The molecule has 0 saturated heterocycles. The molecule has 3 heterocycles. The van der Waals surface area contributed by atoms with E-state index in [0.29, 0.717) is 50.4 Å². The summed E-state index contributed by atoms with van der Waals surface area (Å²) in [6.45, 7) is -0.360. The summed E-state index contributed by atoms with van der Waals surface area (Å²) in [5.41, 5.74) is 4.45. The Hall–Kier alpha value is -5.74. The first kappa shape index (κ1) is 32.0. The van der Waals surface area contributed by atoms with Crippen LogP contribution >= 0.6 is 0 Å². The molecule has 1 fully saturated rings. The molecule has 0 aliphatic heterocycles. The van der Waals surface area contributed by atoms with Crippen molar-refractivity contribution in [1.29, 1.82) is 0 Å². The molecule has 0 N–H and O–H groups in total. The first-order valence-corrected chi connectivity index (χ1v) is 21.2. The number of hydrogen-bond donors (Lipinski definition) is 0. The predicted molar refractivity (Wildman–Crippen MR) is 261 cm³/mol. The molecule has 0 amide bonds. The Labute approximate surface area is 408 Å². The monoisotopic (exact) mass is 1030 g/mol. The Morgan fingerprint density at radius 1 is 0.734 bits per heavy atom. The number of benzene rings is 6. The molecule has 9 aromatic rings. The molecule has 1 saturated carbocycles. The molecule has 5 heteroatoms. The summed E-state index contributed by atoms with van der Waals surface area (Å²) in [4.78, 5) is 8.98. The van der Waals surface area contributed by atoms with E-state index in [1.54, 1.807) is 48.7 Å². The fraction of sp³-hybridized carbons (Fsp3) is 0.254. The second-order valence-electron chi connectivity index (χ2n) is 17.6. The summed E-state index contributed by atoms with van der Waals surface area (Å²) in [5.74, 6) is -1.14. The molecule has 1 radical (unpaired) electrons. The summed E-state index contributed by atoms with van der Waals surface area (Å²) < 4.78 is 121. The van der Waals surface area contributed by atoms with Crippen molar-refractivity contribution in [3.05, 3.63) is 180 Å². The molecule has 1 aliphatic carbocycles. The van der Waals surface area contributed by atoms with Gasteiger partial charge < -0.3 is 14.4 Å². The van der Waals surface area contributed by atoms with Crippen LogP contribution in [-0.2, 0) is 26.5 Å². The van der Waals surface area contributed by atoms with E-state index in [1.807, 2.05) is 93.6 Å². The number of pyridine rings is 2. The standard InChI is InChI=1S/C36H31FNO.C23H24N.Ir/c1-22-19-26(24-15-17-36(3,37)18-16-24)12-13-27(22)32-20-33(38-21-23(32)2)31-10-6-9-29-30-14-11-25-7-4-5-8-28(25)34(30)39-35(29)31;1-17-10-12-20(14-21(17)19-8-6-5-7-9-19)22-13-11-18(16-24-22)15-23(2,3)4;/h4-9,11-14,19-21,24H,15-18H2,1-3H3;5-11,13-14,16H,15H2,1-4H3;/q2*-1;/i1D3,2D3,24D;1D3,15D2;. The van der Waals surface area contributed by atoms with Crippen molar-refractivity contribution in [2.45, 2.75) is 91.9 Å². The molecule has 3 aromatic heterocycles. The number of aryl methyl sites for hydroxylation is 3. The Balaban J connectivity index is 0.000000221. The van der Waals surface area contributed by atoms with E-state index in [9.17, 15) is 4.39 Å². The Morgan fingerprint density at radius 2 is 1.48 bits per heavy atom. The minimum absolute atomic E-state index is 0. The van der Waals surface area contributed by atoms with Crippen molar-refractivity contribution >= 4 is 32.7 Å². The van der Waals surface area contributed by atoms with Gasteiger partial charge in [-0.1, -0.05) is 147 Å². The maximum Gasteiger partial charge on any atom is 0.128 e. The minimum Gasteiger partial charge on any atom is -0.500 e. The van der Waals surface area contributed by atoms with Crippen molar-refractivity contribution in [1.82, 2.24) is 9.97 Å². The van der Waals surface area contributed by atoms with Crippen molar-refractivity contribution < 1.29 is 45.4 Å². The maximum absolute atomic E-state index is 14.6. The van der Waals surface area contributed by atoms with Gasteiger partial charge in [0.15, 0.2) is 0 Å². The van der Waals surface area contributed by atoms with Gasteiger partial charge in [0.2, 0.25) is 0 Å². The van der Waals surface area contributed by atoms with E-state index in [2.05, 4.69) is 22.1 Å². The van der Waals surface area contributed by atoms with Crippen LogP contribution in [0.1, 0.15) is 104 Å². The van der Waals surface area contributed by atoms with Crippen molar-refractivity contribution in [2.75, 3.05) is 0 Å². The molecular weight excluding hydrogens is 964 g/mol. The second kappa shape index (κ2) is 18.4. The van der Waals surface area contributed by atoms with Crippen LogP contribution in [-0.4, -0.2) is 15.6 Å². The SMILES string of the molecule is [2H]C([2H])([2H])c1c[c-]c(-c2ccc(C([2H])([2H])C(C)(C)C)cn2)cc1-c1ccccc1.[2H]C([2H])([2H])c1cnc(-c2[c-]ccc3c2oc2c4ccccc4ccc32)cc1-c1ccc(C2([2H])CCC(C)(F)CC2)cc1C([2H])([2H])[2H].[Ir]. The van der Waals surface area contributed by atoms with E-state index in [4.69, 9.17) is 20.9 Å². The first-order chi connectivity index (χ1) is 35.1. The molecular formula is C59H55FIrN2O-2. The number of alkyl halides is 1. The largest absolute Gasteiger partial charge is 0.500 e. The van der Waals surface area contributed by atoms with Gasteiger partial charge in [0.05, 0.1) is 5.58 Å². The zero-order valence-electron chi connectivity index (χ0n) is 48.1. The Morgan fingerprint density at radius 3 is 2.23 bits per heavy atom. The average molecular weight is 1030 g/mol. The van der Waals surface area contributed by atoms with Gasteiger partial charge in [-0.3, -0.25) is 0 Å². The van der Waals surface area contributed by atoms with Crippen LogP contribution in [0.3, 0.4) is 0 Å². The summed E-state index contributed by atoms with van der Waals surface area (Å²) in [6, 6.07) is 44.4. The number of nitrogens with zero attached hydrogens (tertiary/aromatic N) is 2.